The Hall–Kier alpha value is -6.55. The number of carbonyl (C=O) groups is 3. The quantitative estimate of drug-likeness (QED) is 0.0769. The van der Waals surface area contributed by atoms with Crippen molar-refractivity contribution in [1.29, 1.82) is 0 Å². The minimum atomic E-state index is -1.40. The normalized spacial score (nSPS) is 10.9. The summed E-state index contributed by atoms with van der Waals surface area (Å²) in [6.07, 6.45) is 0. The lowest BCUT2D eigenvalue weighted by molar-refractivity contribution is -0.385. The number of hydrogen-bond donors (Lipinski definition) is 4. The summed E-state index contributed by atoms with van der Waals surface area (Å²) in [7, 11) is 0. The number of nitro groups is 2. The van der Waals surface area contributed by atoms with E-state index >= 15 is 0 Å². The van der Waals surface area contributed by atoms with E-state index in [1.54, 1.807) is 48.5 Å². The molecule has 16 nitrogen and oxygen atoms in total. The minimum absolute atomic E-state index is 0.110. The summed E-state index contributed by atoms with van der Waals surface area (Å²) in [5, 5.41) is 43.4. The van der Waals surface area contributed by atoms with Crippen LogP contribution in [-0.2, 0) is 11.4 Å². The van der Waals surface area contributed by atoms with E-state index in [9.17, 15) is 44.8 Å². The molecule has 0 radical (unpaired) electrons. The Morgan fingerprint density at radius 2 is 1.18 bits per heavy atom. The lowest BCUT2D eigenvalue weighted by Crippen LogP contribution is -2.28. The maximum Gasteiger partial charge on any atom is 0.336 e. The van der Waals surface area contributed by atoms with Crippen molar-refractivity contribution in [2.75, 3.05) is 24.0 Å². The van der Waals surface area contributed by atoms with Gasteiger partial charge >= 0.3 is 11.9 Å². The van der Waals surface area contributed by atoms with Crippen LogP contribution in [0.2, 0.25) is 0 Å². The molecule has 0 saturated heterocycles. The molecule has 0 aliphatic rings. The van der Waals surface area contributed by atoms with E-state index in [0.717, 1.165) is 36.4 Å². The van der Waals surface area contributed by atoms with E-state index in [-0.39, 0.29) is 47.8 Å². The third kappa shape index (κ3) is 9.72. The maximum absolute atomic E-state index is 12.7. The lowest BCUT2D eigenvalue weighted by Gasteiger charge is -2.25. The molecule has 49 heavy (non-hydrogen) atoms. The van der Waals surface area contributed by atoms with Gasteiger partial charge in [0, 0.05) is 40.9 Å². The summed E-state index contributed by atoms with van der Waals surface area (Å²) in [6, 6.07) is 19.4. The number of amides is 1. The van der Waals surface area contributed by atoms with Gasteiger partial charge in [-0.2, -0.15) is 0 Å². The summed E-state index contributed by atoms with van der Waals surface area (Å²) in [4.78, 5) is 61.9. The smallest absolute Gasteiger partial charge is 0.336 e. The first-order valence-corrected chi connectivity index (χ1v) is 14.4. The molecule has 16 heteroatoms. The van der Waals surface area contributed by atoms with Crippen molar-refractivity contribution in [1.82, 2.24) is 0 Å². The van der Waals surface area contributed by atoms with E-state index < -0.39 is 38.8 Å². The van der Waals surface area contributed by atoms with E-state index in [0.29, 0.717) is 22.9 Å². The van der Waals surface area contributed by atoms with Crippen LogP contribution in [0.4, 0.5) is 22.7 Å². The number of carbonyl (C=O) groups excluding carboxylic acids is 1. The predicted molar refractivity (Wildman–Crippen MR) is 174 cm³/mol. The fourth-order valence-corrected chi connectivity index (χ4v) is 4.29. The van der Waals surface area contributed by atoms with Gasteiger partial charge in [0.25, 0.3) is 17.3 Å². The van der Waals surface area contributed by atoms with Gasteiger partial charge in [-0.05, 0) is 60.7 Å². The summed E-state index contributed by atoms with van der Waals surface area (Å²) in [6.45, 7) is 4.18. The van der Waals surface area contributed by atoms with Crippen molar-refractivity contribution >= 4 is 40.6 Å². The van der Waals surface area contributed by atoms with Crippen molar-refractivity contribution in [3.8, 4) is 11.5 Å². The van der Waals surface area contributed by atoms with Crippen LogP contribution in [0.25, 0.3) is 0 Å². The number of benzene rings is 4. The van der Waals surface area contributed by atoms with Crippen LogP contribution in [-0.4, -0.2) is 51.1 Å². The third-order valence-corrected chi connectivity index (χ3v) is 6.86. The first kappa shape index (κ1) is 35.3. The van der Waals surface area contributed by atoms with Gasteiger partial charge in [-0.3, -0.25) is 35.3 Å². The number of rotatable bonds is 16. The molecule has 0 aliphatic carbocycles. The van der Waals surface area contributed by atoms with Crippen molar-refractivity contribution in [2.24, 2.45) is 5.41 Å². The van der Waals surface area contributed by atoms with Gasteiger partial charge in [-0.1, -0.05) is 13.8 Å². The standard InChI is InChI=1S/C33H30N4O12/c1-33(2,18-47-25-9-3-21(4-10-25)34-30(38)29-16-24(37(45)46)8-14-28(29)32(41)42)19-48-26-11-5-22(6-12-26)35-49-17-20-15-23(36(43)44)7-13-27(20)31(39)40/h3-16,35H,17-19H2,1-2H3,(H,34,38)(H,39,40)(H,41,42). The molecule has 0 atom stereocenters. The molecule has 0 aliphatic heterocycles. The van der Waals surface area contributed by atoms with Crippen molar-refractivity contribution in [2.45, 2.75) is 20.5 Å². The molecule has 4 aromatic rings. The molecule has 0 saturated carbocycles. The highest BCUT2D eigenvalue weighted by molar-refractivity contribution is 6.11. The van der Waals surface area contributed by atoms with Crippen LogP contribution < -0.4 is 20.3 Å². The number of hydrogen-bond acceptors (Lipinski definition) is 11. The molecule has 4 rings (SSSR count). The summed E-state index contributed by atoms with van der Waals surface area (Å²) >= 11 is 0. The van der Waals surface area contributed by atoms with Gasteiger partial charge < -0.3 is 25.0 Å². The van der Waals surface area contributed by atoms with E-state index in [4.69, 9.17) is 14.3 Å². The molecular formula is C33H30N4O12. The van der Waals surface area contributed by atoms with Crippen molar-refractivity contribution < 1.29 is 48.8 Å². The summed E-state index contributed by atoms with van der Waals surface area (Å²) in [5.41, 5.74) is 1.72. The third-order valence-electron chi connectivity index (χ3n) is 6.86. The average molecular weight is 675 g/mol. The number of non-ortho nitro benzene ring substituents is 2. The second-order valence-corrected chi connectivity index (χ2v) is 11.3. The highest BCUT2D eigenvalue weighted by Gasteiger charge is 2.22. The Balaban J connectivity index is 1.25. The highest BCUT2D eigenvalue weighted by Crippen LogP contribution is 2.25. The molecule has 0 bridgehead atoms. The maximum atomic E-state index is 12.7. The number of nitro benzene ring substituents is 2. The van der Waals surface area contributed by atoms with E-state index in [1.807, 2.05) is 13.8 Å². The molecule has 4 aromatic carbocycles. The average Bonchev–Trinajstić information content (AvgIpc) is 3.07. The lowest BCUT2D eigenvalue weighted by atomic mass is 9.96. The van der Waals surface area contributed by atoms with Gasteiger partial charge in [0.1, 0.15) is 18.1 Å². The number of carboxylic acids is 2. The van der Waals surface area contributed by atoms with E-state index in [2.05, 4.69) is 10.8 Å². The monoisotopic (exact) mass is 674 g/mol. The fourth-order valence-electron chi connectivity index (χ4n) is 4.29. The van der Waals surface area contributed by atoms with Gasteiger partial charge in [-0.15, -0.1) is 0 Å². The number of anilines is 2. The number of nitrogens with one attached hydrogen (secondary N) is 2. The van der Waals surface area contributed by atoms with Gasteiger partial charge in [0.05, 0.1) is 45.4 Å². The zero-order chi connectivity index (χ0) is 35.7. The largest absolute Gasteiger partial charge is 0.493 e. The number of aromatic carboxylic acids is 2. The van der Waals surface area contributed by atoms with Gasteiger partial charge in [0.2, 0.25) is 0 Å². The molecule has 1 amide bonds. The zero-order valence-electron chi connectivity index (χ0n) is 26.1. The van der Waals surface area contributed by atoms with Crippen LogP contribution in [0.1, 0.15) is 50.5 Å². The van der Waals surface area contributed by atoms with Crippen LogP contribution >= 0.6 is 0 Å². The van der Waals surface area contributed by atoms with Crippen LogP contribution in [0, 0.1) is 25.6 Å². The fraction of sp³-hybridized carbons (Fsp3) is 0.182. The molecule has 0 fully saturated rings. The first-order chi connectivity index (χ1) is 23.2. The Labute approximate surface area is 278 Å². The van der Waals surface area contributed by atoms with Crippen LogP contribution in [0.5, 0.6) is 11.5 Å². The molecule has 4 N–H and O–H groups in total. The Morgan fingerprint density at radius 1 is 0.694 bits per heavy atom. The van der Waals surface area contributed by atoms with Gasteiger partial charge in [0.15, 0.2) is 0 Å². The zero-order valence-corrected chi connectivity index (χ0v) is 26.1. The molecule has 0 spiro atoms. The van der Waals surface area contributed by atoms with Crippen molar-refractivity contribution in [3.05, 3.63) is 127 Å². The van der Waals surface area contributed by atoms with Crippen LogP contribution in [0.3, 0.4) is 0 Å². The minimum Gasteiger partial charge on any atom is -0.493 e. The highest BCUT2D eigenvalue weighted by atomic mass is 16.6. The van der Waals surface area contributed by atoms with Gasteiger partial charge in [-0.25, -0.2) is 9.59 Å². The number of nitrogens with zero attached hydrogens (tertiary/aromatic N) is 2. The Bertz CT molecular complexity index is 1880. The Kier molecular flexibility index (Phi) is 11.1. The topological polar surface area (TPSA) is 230 Å². The molecule has 0 heterocycles. The van der Waals surface area contributed by atoms with Crippen molar-refractivity contribution in [3.63, 3.8) is 0 Å². The Morgan fingerprint density at radius 3 is 1.69 bits per heavy atom. The second-order valence-electron chi connectivity index (χ2n) is 11.3. The second kappa shape index (κ2) is 15.4. The summed E-state index contributed by atoms with van der Waals surface area (Å²) < 4.78 is 11.8. The SMILES string of the molecule is CC(C)(COc1ccc(NOCc2cc([N+](=O)[O-])ccc2C(=O)O)cc1)COc1ccc(NC(=O)c2cc([N+](=O)[O-])ccc2C(=O)O)cc1. The first-order valence-electron chi connectivity index (χ1n) is 14.4. The van der Waals surface area contributed by atoms with E-state index in [1.165, 1.54) is 0 Å². The number of ether oxygens (including phenoxy) is 2. The molecule has 254 valence electrons. The number of carboxylic acid groups (broad SMARTS) is 2. The predicted octanol–water partition coefficient (Wildman–Crippen LogP) is 6.18. The molecular weight excluding hydrogens is 644 g/mol. The molecule has 0 aromatic heterocycles. The summed E-state index contributed by atoms with van der Waals surface area (Å²) in [5.74, 6) is -2.41. The van der Waals surface area contributed by atoms with Crippen LogP contribution in [0.15, 0.2) is 84.9 Å². The molecule has 0 unspecified atom stereocenters.